The minimum absolute atomic E-state index is 0.396. The van der Waals surface area contributed by atoms with E-state index in [0.29, 0.717) is 0 Å². The van der Waals surface area contributed by atoms with Crippen molar-refractivity contribution < 1.29 is 20.4 Å². The second-order valence-corrected chi connectivity index (χ2v) is 21.3. The summed E-state index contributed by atoms with van der Waals surface area (Å²) in [5, 5.41) is 48.8. The molecule has 4 N–H and O–H groups in total. The lowest BCUT2D eigenvalue weighted by Crippen LogP contribution is -2.57. The van der Waals surface area contributed by atoms with Crippen LogP contribution in [-0.4, -0.2) is 40.2 Å². The first-order valence-corrected chi connectivity index (χ1v) is 22.4. The standard InChI is InChI=1S/C51H88O4/c1-15-17-19-21-23-25-27-29-38-31-40(46(3,4)5)44(41(32-38)47(6,7)8)51(55,50(35-52,36-53)37-54)45-42(48(9,10)11)33-39(34-43(45)49(12,13)14)30-28-26-24-22-20-18-16-2/h31-34,52-55H,15-30,35-37H2,1-14H3. The zero-order valence-electron chi connectivity index (χ0n) is 38.5. The Morgan fingerprint density at radius 2 is 0.618 bits per heavy atom. The molecule has 0 atom stereocenters. The van der Waals surface area contributed by atoms with Crippen molar-refractivity contribution >= 4 is 0 Å². The van der Waals surface area contributed by atoms with Crippen LogP contribution in [0.2, 0.25) is 0 Å². The lowest BCUT2D eigenvalue weighted by atomic mass is 9.56. The average Bonchev–Trinajstić information content (AvgIpc) is 3.09. The van der Waals surface area contributed by atoms with Gasteiger partial charge in [-0.05, 0) is 91.9 Å². The topological polar surface area (TPSA) is 80.9 Å². The second-order valence-electron chi connectivity index (χ2n) is 21.3. The van der Waals surface area contributed by atoms with E-state index in [1.165, 1.54) is 88.2 Å². The maximum atomic E-state index is 14.4. The molecule has 2 rings (SSSR count). The summed E-state index contributed by atoms with van der Waals surface area (Å²) in [5.41, 5.74) is 2.77. The molecule has 0 amide bonds. The maximum Gasteiger partial charge on any atom is 0.128 e. The molecule has 55 heavy (non-hydrogen) atoms. The van der Waals surface area contributed by atoms with Crippen LogP contribution in [0.15, 0.2) is 24.3 Å². The van der Waals surface area contributed by atoms with Gasteiger partial charge < -0.3 is 20.4 Å². The molecule has 0 aromatic heterocycles. The van der Waals surface area contributed by atoms with Crippen molar-refractivity contribution in [1.29, 1.82) is 0 Å². The Balaban J connectivity index is 3.11. The highest BCUT2D eigenvalue weighted by Crippen LogP contribution is 2.56. The zero-order valence-corrected chi connectivity index (χ0v) is 38.5. The Kier molecular flexibility index (Phi) is 18.7. The molecule has 0 bridgehead atoms. The van der Waals surface area contributed by atoms with Crippen LogP contribution in [0.3, 0.4) is 0 Å². The first-order chi connectivity index (χ1) is 25.5. The molecule has 0 unspecified atom stereocenters. The molecule has 0 saturated heterocycles. The van der Waals surface area contributed by atoms with Crippen LogP contribution in [0.1, 0.15) is 231 Å². The molecular formula is C51H88O4. The first kappa shape index (κ1) is 49.4. The summed E-state index contributed by atoms with van der Waals surface area (Å²) in [6.45, 7) is 29.2. The highest BCUT2D eigenvalue weighted by Gasteiger charge is 2.58. The number of benzene rings is 2. The Labute approximate surface area is 340 Å². The second kappa shape index (κ2) is 20.8. The average molecular weight is 765 g/mol. The predicted octanol–water partition coefficient (Wildman–Crippen LogP) is 12.7. The van der Waals surface area contributed by atoms with Gasteiger partial charge in [0.2, 0.25) is 0 Å². The molecule has 2 aromatic rings. The van der Waals surface area contributed by atoms with Crippen molar-refractivity contribution in [1.82, 2.24) is 0 Å². The van der Waals surface area contributed by atoms with Gasteiger partial charge in [-0.25, -0.2) is 0 Å². The Morgan fingerprint density at radius 1 is 0.382 bits per heavy atom. The van der Waals surface area contributed by atoms with Crippen LogP contribution < -0.4 is 0 Å². The Hall–Kier alpha value is -1.72. The van der Waals surface area contributed by atoms with Crippen molar-refractivity contribution in [3.05, 3.63) is 68.8 Å². The quantitative estimate of drug-likeness (QED) is 0.0900. The van der Waals surface area contributed by atoms with E-state index >= 15 is 0 Å². The number of aliphatic hydroxyl groups is 4. The van der Waals surface area contributed by atoms with Gasteiger partial charge in [0.15, 0.2) is 0 Å². The zero-order chi connectivity index (χ0) is 41.9. The van der Waals surface area contributed by atoms with Gasteiger partial charge in [0.05, 0.1) is 25.2 Å². The van der Waals surface area contributed by atoms with Crippen LogP contribution in [0.5, 0.6) is 0 Å². The van der Waals surface area contributed by atoms with E-state index < -0.39 is 52.5 Å². The van der Waals surface area contributed by atoms with Gasteiger partial charge in [-0.1, -0.05) is 198 Å². The van der Waals surface area contributed by atoms with E-state index in [1.54, 1.807) is 0 Å². The van der Waals surface area contributed by atoms with Crippen LogP contribution in [0.4, 0.5) is 0 Å². The molecule has 0 aliphatic rings. The monoisotopic (exact) mass is 765 g/mol. The normalized spacial score (nSPS) is 13.6. The molecule has 0 aliphatic carbocycles. The van der Waals surface area contributed by atoms with E-state index in [4.69, 9.17) is 0 Å². The summed E-state index contributed by atoms with van der Waals surface area (Å²) in [6, 6.07) is 9.19. The van der Waals surface area contributed by atoms with Gasteiger partial charge in [-0.15, -0.1) is 0 Å². The number of hydrogen-bond donors (Lipinski definition) is 4. The molecule has 0 aliphatic heterocycles. The lowest BCUT2D eigenvalue weighted by molar-refractivity contribution is -0.138. The molecule has 0 spiro atoms. The minimum Gasteiger partial charge on any atom is -0.395 e. The summed E-state index contributed by atoms with van der Waals surface area (Å²) in [7, 11) is 0. The Morgan fingerprint density at radius 3 is 0.836 bits per heavy atom. The van der Waals surface area contributed by atoms with Gasteiger partial charge in [-0.2, -0.15) is 0 Å². The molecule has 2 aromatic carbocycles. The molecule has 0 fully saturated rings. The third-order valence-electron chi connectivity index (χ3n) is 12.2. The van der Waals surface area contributed by atoms with Gasteiger partial charge >= 0.3 is 0 Å². The summed E-state index contributed by atoms with van der Waals surface area (Å²) >= 11 is 0. The largest absolute Gasteiger partial charge is 0.395 e. The van der Waals surface area contributed by atoms with Gasteiger partial charge in [0.25, 0.3) is 0 Å². The van der Waals surface area contributed by atoms with Crippen LogP contribution >= 0.6 is 0 Å². The van der Waals surface area contributed by atoms with E-state index in [-0.39, 0.29) is 0 Å². The van der Waals surface area contributed by atoms with Crippen molar-refractivity contribution in [3.8, 4) is 0 Å². The summed E-state index contributed by atoms with van der Waals surface area (Å²) in [6.07, 6.45) is 19.3. The van der Waals surface area contributed by atoms with Crippen molar-refractivity contribution in [2.75, 3.05) is 19.8 Å². The van der Waals surface area contributed by atoms with Crippen LogP contribution in [-0.2, 0) is 40.1 Å². The highest BCUT2D eigenvalue weighted by molar-refractivity contribution is 5.60. The highest BCUT2D eigenvalue weighted by atomic mass is 16.3. The van der Waals surface area contributed by atoms with E-state index in [9.17, 15) is 20.4 Å². The molecule has 0 saturated carbocycles. The van der Waals surface area contributed by atoms with Gasteiger partial charge in [0, 0.05) is 0 Å². The number of unbranched alkanes of at least 4 members (excludes halogenated alkanes) is 12. The third kappa shape index (κ3) is 12.6. The molecule has 0 radical (unpaired) electrons. The number of rotatable bonds is 22. The third-order valence-corrected chi connectivity index (χ3v) is 12.2. The van der Waals surface area contributed by atoms with Gasteiger partial charge in [0.1, 0.15) is 5.60 Å². The summed E-state index contributed by atoms with van der Waals surface area (Å²) < 4.78 is 0. The minimum atomic E-state index is -1.95. The fraction of sp³-hybridized carbons (Fsp3) is 0.765. The Bertz CT molecular complexity index is 1260. The fourth-order valence-corrected chi connectivity index (χ4v) is 8.56. The van der Waals surface area contributed by atoms with E-state index in [0.717, 1.165) is 59.1 Å². The SMILES string of the molecule is CCCCCCCCCc1cc(C(C)(C)C)c(C(O)(c2c(C(C)(C)C)cc(CCCCCCCCC)cc2C(C)(C)C)C(CO)(CO)CO)c(C(C)(C)C)c1. The van der Waals surface area contributed by atoms with E-state index in [2.05, 4.69) is 121 Å². The van der Waals surface area contributed by atoms with E-state index in [1.807, 2.05) is 0 Å². The molecule has 4 heteroatoms. The number of aliphatic hydroxyl groups excluding tert-OH is 3. The first-order valence-electron chi connectivity index (χ1n) is 22.4. The fourth-order valence-electron chi connectivity index (χ4n) is 8.56. The van der Waals surface area contributed by atoms with Crippen molar-refractivity contribution in [2.45, 2.75) is 227 Å². The van der Waals surface area contributed by atoms with Crippen molar-refractivity contribution in [2.24, 2.45) is 5.41 Å². The van der Waals surface area contributed by atoms with Crippen molar-refractivity contribution in [3.63, 3.8) is 0 Å². The van der Waals surface area contributed by atoms with Gasteiger partial charge in [-0.3, -0.25) is 0 Å². The number of aryl methyl sites for hydroxylation is 2. The summed E-state index contributed by atoms with van der Waals surface area (Å²) in [5.74, 6) is 0. The molecule has 0 heterocycles. The predicted molar refractivity (Wildman–Crippen MR) is 238 cm³/mol. The number of hydrogen-bond acceptors (Lipinski definition) is 4. The molecular weight excluding hydrogens is 677 g/mol. The smallest absolute Gasteiger partial charge is 0.128 e. The van der Waals surface area contributed by atoms with Crippen LogP contribution in [0, 0.1) is 5.41 Å². The summed E-state index contributed by atoms with van der Waals surface area (Å²) in [4.78, 5) is 0. The molecule has 316 valence electrons. The lowest BCUT2D eigenvalue weighted by Gasteiger charge is -2.52. The molecule has 4 nitrogen and oxygen atoms in total. The maximum absolute atomic E-state index is 14.4. The van der Waals surface area contributed by atoms with Crippen LogP contribution in [0.25, 0.3) is 0 Å².